The van der Waals surface area contributed by atoms with Gasteiger partial charge in [0.15, 0.2) is 5.78 Å². The number of ketones is 2. The Kier molecular flexibility index (Phi) is 8.77. The number of halogens is 3. The number of hydrogen-bond acceptors (Lipinski definition) is 2. The second-order valence-electron chi connectivity index (χ2n) is 6.97. The first-order valence-corrected chi connectivity index (χ1v) is 9.20. The molecule has 0 bridgehead atoms. The molecule has 0 atom stereocenters. The number of benzene rings is 2. The fourth-order valence-electron chi connectivity index (χ4n) is 2.21. The van der Waals surface area contributed by atoms with Crippen molar-refractivity contribution in [3.8, 4) is 0 Å². The van der Waals surface area contributed by atoms with Crippen LogP contribution in [0, 0.1) is 11.8 Å². The predicted molar refractivity (Wildman–Crippen MR) is 106 cm³/mol. The summed E-state index contributed by atoms with van der Waals surface area (Å²) in [5, 5.41) is 0.549. The van der Waals surface area contributed by atoms with Crippen LogP contribution in [-0.4, -0.2) is 17.5 Å². The molecule has 0 aromatic heterocycles. The van der Waals surface area contributed by atoms with Crippen molar-refractivity contribution in [1.29, 1.82) is 0 Å². The van der Waals surface area contributed by atoms with Crippen LogP contribution >= 0.6 is 11.6 Å². The molecule has 0 heterocycles. The summed E-state index contributed by atoms with van der Waals surface area (Å²) in [6, 6.07) is 14.8. The predicted octanol–water partition coefficient (Wildman–Crippen LogP) is 6.73. The lowest BCUT2D eigenvalue weighted by Crippen LogP contribution is -2.34. The highest BCUT2D eigenvalue weighted by Crippen LogP contribution is 2.28. The van der Waals surface area contributed by atoms with Gasteiger partial charge < -0.3 is 0 Å². The largest absolute Gasteiger partial charge is 0.311 e. The van der Waals surface area contributed by atoms with Crippen molar-refractivity contribution < 1.29 is 18.4 Å². The van der Waals surface area contributed by atoms with Crippen molar-refractivity contribution in [2.45, 2.75) is 40.0 Å². The zero-order valence-electron chi connectivity index (χ0n) is 16.0. The van der Waals surface area contributed by atoms with Gasteiger partial charge in [0.05, 0.1) is 5.02 Å². The molecule has 146 valence electrons. The standard InChI is InChI=1S/C11H13ClO.C11H12F2O/c1-8(2)7-11(13)9-5-3-4-6-10(9)12;1-8(2)11(12,13)10(14)9-6-4-3-5-7-9/h3-6,8H,7H2,1-2H3;3-8H,1-2H3. The molecule has 0 radical (unpaired) electrons. The average Bonchev–Trinajstić information content (AvgIpc) is 2.62. The molecular formula is C22H25ClF2O2. The zero-order valence-corrected chi connectivity index (χ0v) is 16.8. The second kappa shape index (κ2) is 10.3. The number of carbonyl (C=O) groups excluding carboxylic acids is 2. The summed E-state index contributed by atoms with van der Waals surface area (Å²) in [5.41, 5.74) is 0.698. The van der Waals surface area contributed by atoms with Gasteiger partial charge in [-0.3, -0.25) is 9.59 Å². The van der Waals surface area contributed by atoms with Crippen molar-refractivity contribution in [2.24, 2.45) is 11.8 Å². The smallest absolute Gasteiger partial charge is 0.294 e. The molecule has 2 nitrogen and oxygen atoms in total. The van der Waals surface area contributed by atoms with E-state index in [1.807, 2.05) is 26.0 Å². The Hall–Kier alpha value is -2.07. The summed E-state index contributed by atoms with van der Waals surface area (Å²) in [6.07, 6.45) is 0.559. The van der Waals surface area contributed by atoms with Crippen LogP contribution in [-0.2, 0) is 0 Å². The van der Waals surface area contributed by atoms with Gasteiger partial charge >= 0.3 is 5.92 Å². The number of Topliss-reactive ketones (excluding diaryl/α,β-unsaturated/α-hetero) is 2. The zero-order chi connectivity index (χ0) is 20.6. The Balaban J connectivity index is 0.000000271. The summed E-state index contributed by atoms with van der Waals surface area (Å²) in [5.74, 6) is -4.85. The lowest BCUT2D eigenvalue weighted by Gasteiger charge is -2.18. The SMILES string of the molecule is CC(C)C(F)(F)C(=O)c1ccccc1.CC(C)CC(=O)c1ccccc1Cl. The maximum absolute atomic E-state index is 13.3. The fourth-order valence-corrected chi connectivity index (χ4v) is 2.45. The maximum atomic E-state index is 13.3. The first kappa shape index (κ1) is 23.0. The van der Waals surface area contributed by atoms with E-state index >= 15 is 0 Å². The van der Waals surface area contributed by atoms with E-state index in [0.717, 1.165) is 0 Å². The Labute approximate surface area is 164 Å². The van der Waals surface area contributed by atoms with Crippen molar-refractivity contribution in [3.05, 3.63) is 70.7 Å². The minimum Gasteiger partial charge on any atom is -0.294 e. The molecule has 0 aliphatic heterocycles. The van der Waals surface area contributed by atoms with Crippen LogP contribution in [0.15, 0.2) is 54.6 Å². The van der Waals surface area contributed by atoms with Crippen LogP contribution in [0.5, 0.6) is 0 Å². The molecule has 5 heteroatoms. The van der Waals surface area contributed by atoms with Crippen molar-refractivity contribution in [3.63, 3.8) is 0 Å². The van der Waals surface area contributed by atoms with Crippen molar-refractivity contribution >= 4 is 23.2 Å². The third kappa shape index (κ3) is 6.87. The molecule has 0 unspecified atom stereocenters. The van der Waals surface area contributed by atoms with Gasteiger partial charge in [-0.2, -0.15) is 8.78 Å². The van der Waals surface area contributed by atoms with Crippen molar-refractivity contribution in [1.82, 2.24) is 0 Å². The van der Waals surface area contributed by atoms with Gasteiger partial charge in [0.1, 0.15) is 0 Å². The van der Waals surface area contributed by atoms with Crippen LogP contribution in [0.4, 0.5) is 8.78 Å². The molecule has 0 spiro atoms. The summed E-state index contributed by atoms with van der Waals surface area (Å²) in [6.45, 7) is 6.71. The molecule has 2 rings (SSSR count). The highest BCUT2D eigenvalue weighted by Gasteiger charge is 2.42. The summed E-state index contributed by atoms with van der Waals surface area (Å²) in [4.78, 5) is 22.9. The molecule has 2 aromatic carbocycles. The van der Waals surface area contributed by atoms with Gasteiger partial charge in [0.2, 0.25) is 5.78 Å². The monoisotopic (exact) mass is 394 g/mol. The van der Waals surface area contributed by atoms with E-state index in [2.05, 4.69) is 0 Å². The van der Waals surface area contributed by atoms with Gasteiger partial charge in [0.25, 0.3) is 0 Å². The number of carbonyl (C=O) groups is 2. The first-order chi connectivity index (χ1) is 12.6. The Morgan fingerprint density at radius 1 is 0.926 bits per heavy atom. The highest BCUT2D eigenvalue weighted by molar-refractivity contribution is 6.33. The molecule has 0 saturated heterocycles. The molecule has 2 aromatic rings. The van der Waals surface area contributed by atoms with E-state index in [4.69, 9.17) is 11.6 Å². The van der Waals surface area contributed by atoms with Crippen LogP contribution in [0.25, 0.3) is 0 Å². The van der Waals surface area contributed by atoms with Gasteiger partial charge in [0, 0.05) is 23.5 Å². The van der Waals surface area contributed by atoms with E-state index in [9.17, 15) is 18.4 Å². The lowest BCUT2D eigenvalue weighted by molar-refractivity contribution is -0.0203. The number of alkyl halides is 2. The molecule has 0 fully saturated rings. The first-order valence-electron chi connectivity index (χ1n) is 8.82. The number of hydrogen-bond donors (Lipinski definition) is 0. The van der Waals surface area contributed by atoms with E-state index in [1.165, 1.54) is 26.0 Å². The van der Waals surface area contributed by atoms with Crippen LogP contribution in [0.1, 0.15) is 54.8 Å². The van der Waals surface area contributed by atoms with Crippen molar-refractivity contribution in [2.75, 3.05) is 0 Å². The fraction of sp³-hybridized carbons (Fsp3) is 0.364. The quantitative estimate of drug-likeness (QED) is 0.509. The van der Waals surface area contributed by atoms with Gasteiger partial charge in [-0.25, -0.2) is 0 Å². The van der Waals surface area contributed by atoms with Crippen LogP contribution in [0.3, 0.4) is 0 Å². The van der Waals surface area contributed by atoms with Crippen LogP contribution < -0.4 is 0 Å². The maximum Gasteiger partial charge on any atom is 0.311 e. The summed E-state index contributed by atoms with van der Waals surface area (Å²) < 4.78 is 26.6. The molecule has 0 amide bonds. The van der Waals surface area contributed by atoms with E-state index in [1.54, 1.807) is 30.3 Å². The van der Waals surface area contributed by atoms with E-state index < -0.39 is 17.6 Å². The Bertz CT molecular complexity index is 756. The summed E-state index contributed by atoms with van der Waals surface area (Å²) in [7, 11) is 0. The number of rotatable bonds is 6. The van der Waals surface area contributed by atoms with E-state index in [-0.39, 0.29) is 11.3 Å². The average molecular weight is 395 g/mol. The molecule has 0 aliphatic rings. The van der Waals surface area contributed by atoms with Gasteiger partial charge in [-0.15, -0.1) is 0 Å². The topological polar surface area (TPSA) is 34.1 Å². The van der Waals surface area contributed by atoms with Crippen LogP contribution in [0.2, 0.25) is 5.02 Å². The molecule has 0 aliphatic carbocycles. The Morgan fingerprint density at radius 2 is 1.44 bits per heavy atom. The highest BCUT2D eigenvalue weighted by atomic mass is 35.5. The minimum atomic E-state index is -3.28. The summed E-state index contributed by atoms with van der Waals surface area (Å²) >= 11 is 5.88. The Morgan fingerprint density at radius 3 is 1.93 bits per heavy atom. The van der Waals surface area contributed by atoms with Gasteiger partial charge in [-0.05, 0) is 18.1 Å². The normalized spacial score (nSPS) is 11.1. The molecule has 0 N–H and O–H groups in total. The second-order valence-corrected chi connectivity index (χ2v) is 7.38. The van der Waals surface area contributed by atoms with Gasteiger partial charge in [-0.1, -0.05) is 81.8 Å². The van der Waals surface area contributed by atoms with E-state index in [0.29, 0.717) is 22.9 Å². The molecule has 0 saturated carbocycles. The third-order valence-electron chi connectivity index (χ3n) is 3.83. The lowest BCUT2D eigenvalue weighted by atomic mass is 9.97. The molecular weight excluding hydrogens is 370 g/mol. The minimum absolute atomic E-state index is 0.0613. The third-order valence-corrected chi connectivity index (χ3v) is 4.16. The molecule has 27 heavy (non-hydrogen) atoms.